The first-order chi connectivity index (χ1) is 7.93. The van der Waals surface area contributed by atoms with Crippen LogP contribution < -0.4 is 0 Å². The third-order valence-electron chi connectivity index (χ3n) is 3.43. The molecule has 0 aromatic rings. The molecule has 3 fully saturated rings. The summed E-state index contributed by atoms with van der Waals surface area (Å²) in [6, 6.07) is 0. The predicted molar refractivity (Wildman–Crippen MR) is 56.4 cm³/mol. The summed E-state index contributed by atoms with van der Waals surface area (Å²) in [4.78, 5) is 22.0. The highest BCUT2D eigenvalue weighted by molar-refractivity contribution is 6.35. The van der Waals surface area contributed by atoms with Crippen molar-refractivity contribution in [2.45, 2.75) is 42.6 Å². The van der Waals surface area contributed by atoms with Crippen molar-refractivity contribution in [3.63, 3.8) is 0 Å². The summed E-state index contributed by atoms with van der Waals surface area (Å²) in [6.07, 6.45) is -1.70. The van der Waals surface area contributed by atoms with E-state index in [0.29, 0.717) is 12.0 Å². The zero-order valence-electron chi connectivity index (χ0n) is 9.14. The molecule has 2 bridgehead atoms. The minimum atomic E-state index is -1.08. The highest BCUT2D eigenvalue weighted by Crippen LogP contribution is 2.53. The molecular weight excluding hydrogens is 248 g/mol. The second-order valence-corrected chi connectivity index (χ2v) is 5.36. The van der Waals surface area contributed by atoms with Gasteiger partial charge in [-0.1, -0.05) is 6.58 Å². The molecule has 3 aliphatic heterocycles. The zero-order valence-corrected chi connectivity index (χ0v) is 9.90. The van der Waals surface area contributed by atoms with Crippen LogP contribution >= 0.6 is 11.6 Å². The van der Waals surface area contributed by atoms with Gasteiger partial charge in [0.2, 0.25) is 0 Å². The lowest BCUT2D eigenvalue weighted by molar-refractivity contribution is -0.156. The fraction of sp³-hybridized carbons (Fsp3) is 0.636. The summed E-state index contributed by atoms with van der Waals surface area (Å²) in [5.41, 5.74) is 0.300. The summed E-state index contributed by atoms with van der Waals surface area (Å²) in [5, 5.41) is 0. The molecule has 0 radical (unpaired) electrons. The molecular formula is C11H11ClO5. The van der Waals surface area contributed by atoms with Gasteiger partial charge in [-0.25, -0.2) is 4.79 Å². The van der Waals surface area contributed by atoms with Crippen molar-refractivity contribution in [3.8, 4) is 0 Å². The molecule has 0 aromatic heterocycles. The van der Waals surface area contributed by atoms with Crippen LogP contribution in [0.15, 0.2) is 12.2 Å². The van der Waals surface area contributed by atoms with Crippen LogP contribution in [0.3, 0.4) is 0 Å². The Morgan fingerprint density at radius 3 is 3.00 bits per heavy atom. The molecule has 5 nitrogen and oxygen atoms in total. The second-order valence-electron chi connectivity index (χ2n) is 4.68. The van der Waals surface area contributed by atoms with Gasteiger partial charge in [0.1, 0.15) is 12.2 Å². The van der Waals surface area contributed by atoms with Crippen molar-refractivity contribution in [3.05, 3.63) is 12.2 Å². The summed E-state index contributed by atoms with van der Waals surface area (Å²) < 4.78 is 15.9. The predicted octanol–water partition coefficient (Wildman–Crippen LogP) is 0.548. The van der Waals surface area contributed by atoms with E-state index in [9.17, 15) is 9.59 Å². The normalized spacial score (nSPS) is 45.9. The number of esters is 2. The lowest BCUT2D eigenvalue weighted by Crippen LogP contribution is -2.45. The van der Waals surface area contributed by atoms with E-state index < -0.39 is 35.1 Å². The number of rotatable bonds is 2. The molecule has 6 heteroatoms. The first-order valence-corrected chi connectivity index (χ1v) is 5.73. The average molecular weight is 259 g/mol. The number of hydrogen-bond acceptors (Lipinski definition) is 5. The highest BCUT2D eigenvalue weighted by Gasteiger charge is 2.73. The van der Waals surface area contributed by atoms with Gasteiger partial charge in [-0.3, -0.25) is 4.79 Å². The molecule has 3 rings (SSSR count). The van der Waals surface area contributed by atoms with Crippen molar-refractivity contribution >= 4 is 23.5 Å². The molecule has 0 aliphatic carbocycles. The van der Waals surface area contributed by atoms with Gasteiger partial charge in [0.25, 0.3) is 0 Å². The summed E-state index contributed by atoms with van der Waals surface area (Å²) >= 11 is 6.15. The van der Waals surface area contributed by atoms with Gasteiger partial charge in [-0.15, -0.1) is 11.6 Å². The minimum absolute atomic E-state index is 0.300. The molecule has 5 atom stereocenters. The number of ether oxygens (including phenoxy) is 3. The van der Waals surface area contributed by atoms with E-state index in [1.807, 2.05) is 0 Å². The van der Waals surface area contributed by atoms with Gasteiger partial charge in [-0.05, 0) is 6.92 Å². The first-order valence-electron chi connectivity index (χ1n) is 5.35. The maximum atomic E-state index is 11.6. The Balaban J connectivity index is 1.82. The quantitative estimate of drug-likeness (QED) is 0.411. The van der Waals surface area contributed by atoms with Crippen molar-refractivity contribution in [2.75, 3.05) is 0 Å². The smallest absolute Gasteiger partial charge is 0.333 e. The SMILES string of the molecule is C=C(C)C(=O)OC1C2CC3(Cl)C(=O)OC1C3O2. The number of carbonyl (C=O) groups is 2. The average Bonchev–Trinajstić information content (AvgIpc) is 2.79. The fourth-order valence-electron chi connectivity index (χ4n) is 2.59. The molecule has 3 heterocycles. The van der Waals surface area contributed by atoms with E-state index in [2.05, 4.69) is 6.58 Å². The largest absolute Gasteiger partial charge is 0.454 e. The summed E-state index contributed by atoms with van der Waals surface area (Å²) in [7, 11) is 0. The molecule has 3 saturated heterocycles. The highest BCUT2D eigenvalue weighted by atomic mass is 35.5. The number of halogens is 1. The minimum Gasteiger partial charge on any atom is -0.454 e. The number of alkyl halides is 1. The van der Waals surface area contributed by atoms with Crippen LogP contribution in [0, 0.1) is 0 Å². The maximum absolute atomic E-state index is 11.6. The van der Waals surface area contributed by atoms with Gasteiger partial charge in [0, 0.05) is 12.0 Å². The van der Waals surface area contributed by atoms with Crippen LogP contribution in [-0.2, 0) is 23.8 Å². The summed E-state index contributed by atoms with van der Waals surface area (Å²) in [6.45, 7) is 5.06. The van der Waals surface area contributed by atoms with Crippen LogP contribution in [0.2, 0.25) is 0 Å². The molecule has 5 unspecified atom stereocenters. The standard InChI is InChI=1S/C11H11ClO5/c1-4(2)9(13)16-6-5-3-11(12)8(15-5)7(6)17-10(11)14/h5-8H,1,3H2,2H3. The van der Waals surface area contributed by atoms with Crippen LogP contribution in [0.5, 0.6) is 0 Å². The Bertz CT molecular complexity index is 434. The second kappa shape index (κ2) is 3.23. The Labute approximate surface area is 103 Å². The fourth-order valence-corrected chi connectivity index (χ4v) is 2.96. The Morgan fingerprint density at radius 2 is 2.35 bits per heavy atom. The molecule has 0 spiro atoms. The van der Waals surface area contributed by atoms with Crippen molar-refractivity contribution in [1.29, 1.82) is 0 Å². The van der Waals surface area contributed by atoms with E-state index in [1.54, 1.807) is 6.92 Å². The van der Waals surface area contributed by atoms with E-state index >= 15 is 0 Å². The lowest BCUT2D eigenvalue weighted by atomic mass is 9.87. The van der Waals surface area contributed by atoms with Crippen LogP contribution in [0.1, 0.15) is 13.3 Å². The molecule has 0 saturated carbocycles. The van der Waals surface area contributed by atoms with Gasteiger partial charge >= 0.3 is 11.9 Å². The Morgan fingerprint density at radius 1 is 1.65 bits per heavy atom. The van der Waals surface area contributed by atoms with E-state index in [-0.39, 0.29) is 6.10 Å². The number of hydrogen-bond donors (Lipinski definition) is 0. The molecule has 0 aromatic carbocycles. The molecule has 92 valence electrons. The monoisotopic (exact) mass is 258 g/mol. The Hall–Kier alpha value is -1.07. The number of carbonyl (C=O) groups excluding carboxylic acids is 2. The molecule has 17 heavy (non-hydrogen) atoms. The topological polar surface area (TPSA) is 61.8 Å². The van der Waals surface area contributed by atoms with Crippen molar-refractivity contribution in [1.82, 2.24) is 0 Å². The van der Waals surface area contributed by atoms with Gasteiger partial charge in [0.05, 0.1) is 0 Å². The van der Waals surface area contributed by atoms with Gasteiger partial charge < -0.3 is 14.2 Å². The molecule has 0 N–H and O–H groups in total. The molecule has 3 aliphatic rings. The maximum Gasteiger partial charge on any atom is 0.333 e. The van der Waals surface area contributed by atoms with E-state index in [4.69, 9.17) is 25.8 Å². The van der Waals surface area contributed by atoms with E-state index in [1.165, 1.54) is 0 Å². The van der Waals surface area contributed by atoms with Crippen molar-refractivity contribution < 1.29 is 23.8 Å². The first kappa shape index (κ1) is 11.0. The van der Waals surface area contributed by atoms with Crippen LogP contribution in [0.4, 0.5) is 0 Å². The zero-order chi connectivity index (χ0) is 12.4. The van der Waals surface area contributed by atoms with Gasteiger partial charge in [-0.2, -0.15) is 0 Å². The van der Waals surface area contributed by atoms with Crippen LogP contribution in [-0.4, -0.2) is 41.2 Å². The summed E-state index contributed by atoms with van der Waals surface area (Å²) in [5.74, 6) is -0.986. The third kappa shape index (κ3) is 1.29. The van der Waals surface area contributed by atoms with Gasteiger partial charge in [0.15, 0.2) is 17.1 Å². The third-order valence-corrected chi connectivity index (χ3v) is 3.96. The lowest BCUT2D eigenvalue weighted by Gasteiger charge is -2.24. The number of fused-ring (bicyclic) bond motifs is 1. The molecule has 0 amide bonds. The van der Waals surface area contributed by atoms with Crippen molar-refractivity contribution in [2.24, 2.45) is 0 Å². The van der Waals surface area contributed by atoms with Crippen LogP contribution in [0.25, 0.3) is 0 Å². The van der Waals surface area contributed by atoms with E-state index in [0.717, 1.165) is 0 Å². The Kier molecular flexibility index (Phi) is 2.10.